The Labute approximate surface area is 198 Å². The molecule has 0 aliphatic carbocycles. The summed E-state index contributed by atoms with van der Waals surface area (Å²) in [6, 6.07) is 14.4. The van der Waals surface area contributed by atoms with Gasteiger partial charge in [-0.2, -0.15) is 5.10 Å². The fourth-order valence-corrected chi connectivity index (χ4v) is 4.56. The lowest BCUT2D eigenvalue weighted by Crippen LogP contribution is -2.38. The SMILES string of the molecule is CN1CCCC1CNC(=O)CCCCCCCCCCn1nc(-c2ccccc2)ccc1=N. The highest BCUT2D eigenvalue weighted by Crippen LogP contribution is 2.15. The Morgan fingerprint density at radius 2 is 1.70 bits per heavy atom. The second-order valence-electron chi connectivity index (χ2n) is 9.35. The van der Waals surface area contributed by atoms with Crippen molar-refractivity contribution in [3.63, 3.8) is 0 Å². The third-order valence-electron chi connectivity index (χ3n) is 6.71. The second kappa shape index (κ2) is 13.9. The van der Waals surface area contributed by atoms with Crippen molar-refractivity contribution < 1.29 is 4.79 Å². The van der Waals surface area contributed by atoms with E-state index in [9.17, 15) is 4.79 Å². The molecule has 3 rings (SSSR count). The van der Waals surface area contributed by atoms with Gasteiger partial charge in [0, 0.05) is 31.1 Å². The minimum atomic E-state index is 0.214. The lowest BCUT2D eigenvalue weighted by atomic mass is 10.1. The number of rotatable bonds is 14. The Kier molecular flexibility index (Phi) is 10.6. The number of nitrogens with zero attached hydrogens (tertiary/aromatic N) is 3. The molecule has 2 heterocycles. The zero-order valence-corrected chi connectivity index (χ0v) is 20.3. The average Bonchev–Trinajstić information content (AvgIpc) is 3.25. The molecular formula is C27H41N5O. The van der Waals surface area contributed by atoms with Crippen molar-refractivity contribution in [2.75, 3.05) is 20.1 Å². The van der Waals surface area contributed by atoms with Gasteiger partial charge in [0.05, 0.1) is 5.69 Å². The number of nitrogens with one attached hydrogen (secondary N) is 2. The summed E-state index contributed by atoms with van der Waals surface area (Å²) in [5.74, 6) is 0.214. The Balaban J connectivity index is 1.19. The van der Waals surface area contributed by atoms with E-state index in [1.165, 1.54) is 44.9 Å². The first-order valence-electron chi connectivity index (χ1n) is 12.8. The molecule has 0 radical (unpaired) electrons. The highest BCUT2D eigenvalue weighted by Gasteiger charge is 2.20. The Morgan fingerprint density at radius 3 is 2.39 bits per heavy atom. The molecule has 1 fully saturated rings. The number of amides is 1. The van der Waals surface area contributed by atoms with E-state index in [1.54, 1.807) is 0 Å². The van der Waals surface area contributed by atoms with Gasteiger partial charge in [0.2, 0.25) is 5.91 Å². The molecule has 0 spiro atoms. The fourth-order valence-electron chi connectivity index (χ4n) is 4.56. The van der Waals surface area contributed by atoms with E-state index in [2.05, 4.69) is 34.5 Å². The van der Waals surface area contributed by atoms with E-state index in [0.717, 1.165) is 50.2 Å². The van der Waals surface area contributed by atoms with Crippen LogP contribution in [0.5, 0.6) is 0 Å². The van der Waals surface area contributed by atoms with E-state index < -0.39 is 0 Å². The van der Waals surface area contributed by atoms with Crippen LogP contribution in [0.25, 0.3) is 11.3 Å². The highest BCUT2D eigenvalue weighted by molar-refractivity contribution is 5.75. The highest BCUT2D eigenvalue weighted by atomic mass is 16.1. The van der Waals surface area contributed by atoms with Gasteiger partial charge in [-0.1, -0.05) is 68.9 Å². The van der Waals surface area contributed by atoms with Gasteiger partial charge >= 0.3 is 0 Å². The predicted molar refractivity (Wildman–Crippen MR) is 134 cm³/mol. The number of hydrogen-bond acceptors (Lipinski definition) is 4. The second-order valence-corrected chi connectivity index (χ2v) is 9.35. The van der Waals surface area contributed by atoms with Crippen LogP contribution in [-0.2, 0) is 11.3 Å². The minimum Gasteiger partial charge on any atom is -0.355 e. The van der Waals surface area contributed by atoms with Gasteiger partial charge in [-0.05, 0) is 51.4 Å². The maximum absolute atomic E-state index is 12.0. The Hall–Kier alpha value is -2.47. The third-order valence-corrected chi connectivity index (χ3v) is 6.71. The first-order chi connectivity index (χ1) is 16.1. The van der Waals surface area contributed by atoms with Crippen molar-refractivity contribution in [2.45, 2.75) is 83.2 Å². The molecule has 180 valence electrons. The number of unbranched alkanes of at least 4 members (excludes halogenated alkanes) is 7. The largest absolute Gasteiger partial charge is 0.355 e. The van der Waals surface area contributed by atoms with Gasteiger partial charge in [0.1, 0.15) is 5.49 Å². The lowest BCUT2D eigenvalue weighted by molar-refractivity contribution is -0.121. The predicted octanol–water partition coefficient (Wildman–Crippen LogP) is 4.75. The standard InChI is InChI=1S/C27H41N5O/c1-31-20-13-16-24(31)22-29-27(33)17-11-6-4-2-3-5-7-12-21-32-26(28)19-18-25(30-32)23-14-9-8-10-15-23/h8-10,14-15,18-19,24,28H,2-7,11-13,16-17,20-22H2,1H3,(H,29,33). The summed E-state index contributed by atoms with van der Waals surface area (Å²) in [6.45, 7) is 2.76. The molecule has 2 aromatic rings. The topological polar surface area (TPSA) is 74.0 Å². The average molecular weight is 452 g/mol. The smallest absolute Gasteiger partial charge is 0.220 e. The number of likely N-dealkylation sites (tertiary alicyclic amines) is 1. The molecule has 1 aromatic heterocycles. The van der Waals surface area contributed by atoms with Crippen molar-refractivity contribution in [1.82, 2.24) is 20.0 Å². The number of hydrogen-bond donors (Lipinski definition) is 2. The minimum absolute atomic E-state index is 0.214. The van der Waals surface area contributed by atoms with Crippen LogP contribution in [0.2, 0.25) is 0 Å². The van der Waals surface area contributed by atoms with Crippen LogP contribution in [-0.4, -0.2) is 46.8 Å². The van der Waals surface area contributed by atoms with Crippen LogP contribution < -0.4 is 10.8 Å². The monoisotopic (exact) mass is 451 g/mol. The molecular weight excluding hydrogens is 410 g/mol. The summed E-state index contributed by atoms with van der Waals surface area (Å²) in [6.07, 6.45) is 12.4. The quantitative estimate of drug-likeness (QED) is 0.407. The van der Waals surface area contributed by atoms with Crippen LogP contribution in [0.1, 0.15) is 70.6 Å². The number of likely N-dealkylation sites (N-methyl/N-ethyl adjacent to an activating group) is 1. The van der Waals surface area contributed by atoms with E-state index in [-0.39, 0.29) is 5.91 Å². The first kappa shape index (κ1) is 25.2. The van der Waals surface area contributed by atoms with Crippen molar-refractivity contribution in [3.05, 3.63) is 48.0 Å². The molecule has 1 aliphatic heterocycles. The molecule has 6 heteroatoms. The van der Waals surface area contributed by atoms with Crippen molar-refractivity contribution in [3.8, 4) is 11.3 Å². The molecule has 6 nitrogen and oxygen atoms in total. The van der Waals surface area contributed by atoms with Crippen LogP contribution in [0.15, 0.2) is 42.5 Å². The number of aromatic nitrogens is 2. The summed E-state index contributed by atoms with van der Waals surface area (Å²) < 4.78 is 1.82. The van der Waals surface area contributed by atoms with Crippen molar-refractivity contribution >= 4 is 5.91 Å². The zero-order chi connectivity index (χ0) is 23.3. The molecule has 1 aromatic carbocycles. The van der Waals surface area contributed by atoms with E-state index >= 15 is 0 Å². The third kappa shape index (κ3) is 8.77. The molecule has 0 saturated carbocycles. The summed E-state index contributed by atoms with van der Waals surface area (Å²) in [5, 5.41) is 15.9. The zero-order valence-electron chi connectivity index (χ0n) is 20.3. The van der Waals surface area contributed by atoms with Crippen LogP contribution >= 0.6 is 0 Å². The molecule has 1 aliphatic rings. The number of carbonyl (C=O) groups excluding carboxylic acids is 1. The molecule has 33 heavy (non-hydrogen) atoms. The molecule has 1 atom stereocenters. The summed E-state index contributed by atoms with van der Waals surface area (Å²) in [4.78, 5) is 14.4. The van der Waals surface area contributed by atoms with Gasteiger partial charge in [0.25, 0.3) is 0 Å². The summed E-state index contributed by atoms with van der Waals surface area (Å²) >= 11 is 0. The van der Waals surface area contributed by atoms with E-state index in [0.29, 0.717) is 18.0 Å². The van der Waals surface area contributed by atoms with Crippen LogP contribution in [0.3, 0.4) is 0 Å². The van der Waals surface area contributed by atoms with Crippen LogP contribution in [0.4, 0.5) is 0 Å². The summed E-state index contributed by atoms with van der Waals surface area (Å²) in [5.41, 5.74) is 2.48. The van der Waals surface area contributed by atoms with Gasteiger partial charge in [-0.15, -0.1) is 0 Å². The summed E-state index contributed by atoms with van der Waals surface area (Å²) in [7, 11) is 2.15. The van der Waals surface area contributed by atoms with Gasteiger partial charge in [-0.25, -0.2) is 4.68 Å². The Morgan fingerprint density at radius 1 is 1.00 bits per heavy atom. The number of benzene rings is 1. The normalized spacial score (nSPS) is 16.2. The Bertz CT molecular complexity index is 895. The van der Waals surface area contributed by atoms with Crippen LogP contribution in [0, 0.1) is 5.41 Å². The molecule has 1 saturated heterocycles. The molecule has 1 amide bonds. The first-order valence-corrected chi connectivity index (χ1v) is 12.8. The van der Waals surface area contributed by atoms with Gasteiger partial charge in [-0.3, -0.25) is 10.2 Å². The van der Waals surface area contributed by atoms with Crippen molar-refractivity contribution in [1.29, 1.82) is 5.41 Å². The molecule has 0 bridgehead atoms. The van der Waals surface area contributed by atoms with E-state index in [4.69, 9.17) is 5.41 Å². The lowest BCUT2D eigenvalue weighted by Gasteiger charge is -2.19. The number of carbonyl (C=O) groups is 1. The van der Waals surface area contributed by atoms with Gasteiger partial charge in [0.15, 0.2) is 0 Å². The van der Waals surface area contributed by atoms with Gasteiger partial charge < -0.3 is 10.2 Å². The maximum atomic E-state index is 12.0. The fraction of sp³-hybridized carbons (Fsp3) is 0.593. The van der Waals surface area contributed by atoms with Crippen molar-refractivity contribution in [2.24, 2.45) is 0 Å². The molecule has 2 N–H and O–H groups in total. The number of aryl methyl sites for hydroxylation is 1. The molecule has 1 unspecified atom stereocenters. The van der Waals surface area contributed by atoms with E-state index in [1.807, 2.05) is 35.0 Å². The maximum Gasteiger partial charge on any atom is 0.220 e.